The molecule has 4 aromatic rings. The van der Waals surface area contributed by atoms with E-state index in [1.54, 1.807) is 24.3 Å². The van der Waals surface area contributed by atoms with E-state index in [0.29, 0.717) is 23.5 Å². The maximum atomic E-state index is 14.1. The predicted molar refractivity (Wildman–Crippen MR) is 158 cm³/mol. The number of methoxy groups -OCH3 is 2. The van der Waals surface area contributed by atoms with Crippen molar-refractivity contribution in [2.45, 2.75) is 19.0 Å². The molecule has 0 aliphatic carbocycles. The quantitative estimate of drug-likeness (QED) is 0.195. The number of rotatable bonds is 12. The summed E-state index contributed by atoms with van der Waals surface area (Å²) in [6.07, 6.45) is 0.327. The molecule has 0 aliphatic heterocycles. The fraction of sp³-hybridized carbons (Fsp3) is 0.200. The zero-order chi connectivity index (χ0) is 30.2. The third kappa shape index (κ3) is 6.78. The van der Waals surface area contributed by atoms with Crippen LogP contribution < -0.4 is 26.3 Å². The molecule has 1 aromatic heterocycles. The number of amides is 3. The van der Waals surface area contributed by atoms with Crippen molar-refractivity contribution >= 4 is 34.9 Å². The van der Waals surface area contributed by atoms with Gasteiger partial charge in [-0.15, -0.1) is 0 Å². The lowest BCUT2D eigenvalue weighted by Crippen LogP contribution is -2.44. The van der Waals surface area contributed by atoms with Crippen LogP contribution in [0.4, 0.5) is 5.69 Å². The molecule has 0 saturated heterocycles. The lowest BCUT2D eigenvalue weighted by Gasteiger charge is -2.31. The normalized spacial score (nSPS) is 11.4. The van der Waals surface area contributed by atoms with E-state index in [4.69, 9.17) is 20.9 Å². The lowest BCUT2D eigenvalue weighted by molar-refractivity contribution is -0.126. The maximum Gasteiger partial charge on any atom is 0.270 e. The summed E-state index contributed by atoms with van der Waals surface area (Å²) in [5.41, 5.74) is 13.3. The summed E-state index contributed by atoms with van der Waals surface area (Å²) in [5.74, 6) is -0.859. The smallest absolute Gasteiger partial charge is 0.270 e. The Balaban J connectivity index is 1.74. The summed E-state index contributed by atoms with van der Waals surface area (Å²) >= 11 is 0.735. The van der Waals surface area contributed by atoms with Crippen molar-refractivity contribution in [1.29, 1.82) is 0 Å². The zero-order valence-electron chi connectivity index (χ0n) is 23.1. The van der Waals surface area contributed by atoms with Crippen molar-refractivity contribution in [2.24, 2.45) is 5.73 Å². The van der Waals surface area contributed by atoms with Gasteiger partial charge in [0.25, 0.3) is 11.8 Å². The predicted octanol–water partition coefficient (Wildman–Crippen LogP) is 3.29. The Morgan fingerprint density at radius 1 is 0.976 bits per heavy atom. The second-order valence-corrected chi connectivity index (χ2v) is 10.0. The van der Waals surface area contributed by atoms with Gasteiger partial charge in [0.2, 0.25) is 5.91 Å². The van der Waals surface area contributed by atoms with Gasteiger partial charge in [0.1, 0.15) is 16.7 Å². The molecule has 0 saturated carbocycles. The molecule has 0 radical (unpaired) electrons. The average Bonchev–Trinajstić information content (AvgIpc) is 3.40. The molecule has 0 spiro atoms. The van der Waals surface area contributed by atoms with Crippen LogP contribution in [0.15, 0.2) is 72.8 Å². The summed E-state index contributed by atoms with van der Waals surface area (Å²) < 4.78 is 14.7. The molecule has 4 rings (SSSR count). The number of ether oxygens (including phenoxy) is 2. The molecule has 0 aliphatic rings. The third-order valence-electron chi connectivity index (χ3n) is 6.58. The van der Waals surface area contributed by atoms with Crippen LogP contribution in [0.3, 0.4) is 0 Å². The molecular formula is C30H31N5O6S. The first-order valence-electron chi connectivity index (χ1n) is 12.9. The van der Waals surface area contributed by atoms with Crippen molar-refractivity contribution in [3.8, 4) is 17.2 Å². The first kappa shape index (κ1) is 29.9. The Kier molecular flexibility index (Phi) is 9.61. The number of carbonyl (C=O) groups is 3. The van der Waals surface area contributed by atoms with Crippen LogP contribution >= 0.6 is 11.5 Å². The van der Waals surface area contributed by atoms with E-state index in [0.717, 1.165) is 22.7 Å². The summed E-state index contributed by atoms with van der Waals surface area (Å²) in [6, 6.07) is 19.6. The molecule has 0 bridgehead atoms. The number of aromatic nitrogens is 1. The van der Waals surface area contributed by atoms with E-state index in [1.807, 2.05) is 36.4 Å². The Bertz CT molecular complexity index is 1560. The molecule has 11 nitrogen and oxygen atoms in total. The topological polar surface area (TPSA) is 170 Å². The maximum absolute atomic E-state index is 14.1. The van der Waals surface area contributed by atoms with Gasteiger partial charge in [-0.3, -0.25) is 14.4 Å². The Morgan fingerprint density at radius 2 is 1.67 bits per heavy atom. The van der Waals surface area contributed by atoms with Gasteiger partial charge in [-0.25, -0.2) is 0 Å². The Hall–Kier alpha value is -5.10. The van der Waals surface area contributed by atoms with Crippen LogP contribution in [0.5, 0.6) is 17.2 Å². The molecule has 12 heteroatoms. The molecule has 1 atom stereocenters. The molecule has 3 amide bonds. The molecule has 218 valence electrons. The number of nitrogens with zero attached hydrogens (tertiary/aromatic N) is 2. The summed E-state index contributed by atoms with van der Waals surface area (Å²) in [4.78, 5) is 41.1. The van der Waals surface area contributed by atoms with E-state index in [1.165, 1.54) is 31.3 Å². The second kappa shape index (κ2) is 13.5. The largest absolute Gasteiger partial charge is 0.508 e. The van der Waals surface area contributed by atoms with E-state index in [9.17, 15) is 19.5 Å². The molecular weight excluding hydrogens is 558 g/mol. The number of nitrogens with one attached hydrogen (secondary N) is 1. The molecule has 42 heavy (non-hydrogen) atoms. The number of benzene rings is 3. The van der Waals surface area contributed by atoms with Gasteiger partial charge in [-0.05, 0) is 58.9 Å². The minimum atomic E-state index is -1.12. The van der Waals surface area contributed by atoms with E-state index < -0.39 is 23.8 Å². The van der Waals surface area contributed by atoms with E-state index in [2.05, 4.69) is 9.69 Å². The molecule has 3 aromatic carbocycles. The van der Waals surface area contributed by atoms with Crippen LogP contribution in [0.25, 0.3) is 0 Å². The van der Waals surface area contributed by atoms with Crippen molar-refractivity contribution < 1.29 is 29.0 Å². The van der Waals surface area contributed by atoms with Gasteiger partial charge in [0.05, 0.1) is 19.9 Å². The van der Waals surface area contributed by atoms with Crippen molar-refractivity contribution in [3.05, 3.63) is 100 Å². The van der Waals surface area contributed by atoms with E-state index >= 15 is 0 Å². The van der Waals surface area contributed by atoms with Gasteiger partial charge in [0.15, 0.2) is 17.2 Å². The molecule has 0 fully saturated rings. The van der Waals surface area contributed by atoms with Crippen molar-refractivity contribution in [2.75, 3.05) is 26.5 Å². The zero-order valence-corrected chi connectivity index (χ0v) is 23.9. The van der Waals surface area contributed by atoms with Gasteiger partial charge < -0.3 is 36.3 Å². The van der Waals surface area contributed by atoms with Crippen LogP contribution in [0.1, 0.15) is 42.9 Å². The van der Waals surface area contributed by atoms with Gasteiger partial charge >= 0.3 is 0 Å². The standard InChI is InChI=1S/C30H31N5O6S/c1-40-22-13-8-18(16-23(22)41-2)14-15-35(30(39)27-24(31)25(28(32)37)34-42-27)26(20-9-11-21(36)12-10-20)29(38)33-17-19-6-4-3-5-7-19/h3-13,16,26,36H,14-15,17,31H2,1-2H3,(H2,32,37)(H,33,38). The van der Waals surface area contributed by atoms with Crippen molar-refractivity contribution in [3.63, 3.8) is 0 Å². The number of carbonyl (C=O) groups excluding carboxylic acids is 3. The van der Waals surface area contributed by atoms with Crippen LogP contribution in [-0.4, -0.2) is 52.9 Å². The van der Waals surface area contributed by atoms with Crippen molar-refractivity contribution in [1.82, 2.24) is 14.6 Å². The number of primary amides is 1. The highest BCUT2D eigenvalue weighted by Gasteiger charge is 2.34. The summed E-state index contributed by atoms with van der Waals surface area (Å²) in [7, 11) is 3.06. The Morgan fingerprint density at radius 3 is 2.29 bits per heavy atom. The number of anilines is 1. The fourth-order valence-corrected chi connectivity index (χ4v) is 5.17. The number of nitrogens with two attached hydrogens (primary N) is 2. The highest BCUT2D eigenvalue weighted by atomic mass is 32.1. The third-order valence-corrected chi connectivity index (χ3v) is 7.44. The van der Waals surface area contributed by atoms with Gasteiger partial charge in [-0.2, -0.15) is 4.37 Å². The number of hydrogen-bond donors (Lipinski definition) is 4. The molecule has 6 N–H and O–H groups in total. The lowest BCUT2D eigenvalue weighted by atomic mass is 10.0. The minimum Gasteiger partial charge on any atom is -0.508 e. The Labute approximate surface area is 246 Å². The molecule has 1 heterocycles. The number of phenolic OH excluding ortho intramolecular Hbond substituents is 1. The highest BCUT2D eigenvalue weighted by molar-refractivity contribution is 7.09. The SMILES string of the molecule is COc1ccc(CCN(C(=O)c2snc(C(N)=O)c2N)C(C(=O)NCc2ccccc2)c2ccc(O)cc2)cc1OC. The first-order valence-corrected chi connectivity index (χ1v) is 13.7. The number of nitrogen functional groups attached to an aromatic ring is 1. The summed E-state index contributed by atoms with van der Waals surface area (Å²) in [6.45, 7) is 0.294. The average molecular weight is 590 g/mol. The highest BCUT2D eigenvalue weighted by Crippen LogP contribution is 2.31. The molecule has 1 unspecified atom stereocenters. The first-order chi connectivity index (χ1) is 20.2. The van der Waals surface area contributed by atoms with Crippen LogP contribution in [0, 0.1) is 0 Å². The number of aromatic hydroxyl groups is 1. The van der Waals surface area contributed by atoms with Crippen LogP contribution in [-0.2, 0) is 17.8 Å². The summed E-state index contributed by atoms with van der Waals surface area (Å²) in [5, 5.41) is 12.8. The fourth-order valence-electron chi connectivity index (χ4n) is 4.40. The second-order valence-electron chi connectivity index (χ2n) is 9.27. The minimum absolute atomic E-state index is 0.00296. The van der Waals surface area contributed by atoms with Crippen LogP contribution in [0.2, 0.25) is 0 Å². The van der Waals surface area contributed by atoms with Gasteiger partial charge in [-0.1, -0.05) is 48.5 Å². The number of phenols is 1. The van der Waals surface area contributed by atoms with E-state index in [-0.39, 0.29) is 35.1 Å². The monoisotopic (exact) mass is 589 g/mol. The number of hydrogen-bond acceptors (Lipinski definition) is 9. The van der Waals surface area contributed by atoms with Gasteiger partial charge in [0, 0.05) is 13.1 Å².